The van der Waals surface area contributed by atoms with Gasteiger partial charge in [0.2, 0.25) is 0 Å². The minimum absolute atomic E-state index is 0.0718. The van der Waals surface area contributed by atoms with Gasteiger partial charge >= 0.3 is 5.97 Å². The van der Waals surface area contributed by atoms with Crippen LogP contribution in [0.15, 0.2) is 0 Å². The second kappa shape index (κ2) is 4.24. The summed E-state index contributed by atoms with van der Waals surface area (Å²) >= 11 is 0. The number of rotatable bonds is 4. The van der Waals surface area contributed by atoms with Crippen LogP contribution in [0, 0.1) is 5.92 Å². The van der Waals surface area contributed by atoms with Crippen LogP contribution in [0.3, 0.4) is 0 Å². The number of carboxylic acid groups (broad SMARTS) is 1. The number of hydrogen-bond donors (Lipinski definition) is 3. The molecule has 0 amide bonds. The average molecular weight is 146 g/mol. The maximum Gasteiger partial charge on any atom is 0.322 e. The van der Waals surface area contributed by atoms with Crippen molar-refractivity contribution in [3.63, 3.8) is 0 Å². The Hall–Kier alpha value is -0.610. The Morgan fingerprint density at radius 2 is 2.30 bits per heavy atom. The highest BCUT2D eigenvalue weighted by Gasteiger charge is 2.20. The van der Waals surface area contributed by atoms with Crippen molar-refractivity contribution in [2.75, 3.05) is 0 Å². The molecule has 4 heteroatoms. The highest BCUT2D eigenvalue weighted by molar-refractivity contribution is 5.73. The molecule has 0 spiro atoms. The molecule has 0 saturated heterocycles. The van der Waals surface area contributed by atoms with Gasteiger partial charge in [0.25, 0.3) is 0 Å². The summed E-state index contributed by atoms with van der Waals surface area (Å²) in [7, 11) is 0. The maximum absolute atomic E-state index is 10.4. The Morgan fingerprint density at radius 1 is 1.80 bits per heavy atom. The molecule has 0 bridgehead atoms. The normalized spacial score (nSPS) is 16.3. The molecule has 4 N–H and O–H groups in total. The van der Waals surface area contributed by atoms with Gasteiger partial charge in [-0.2, -0.15) is 0 Å². The van der Waals surface area contributed by atoms with Gasteiger partial charge in [-0.25, -0.2) is 5.43 Å². The molecule has 0 aromatic heterocycles. The van der Waals surface area contributed by atoms with Gasteiger partial charge in [0, 0.05) is 0 Å². The zero-order chi connectivity index (χ0) is 8.15. The second-order valence-corrected chi connectivity index (χ2v) is 2.37. The van der Waals surface area contributed by atoms with Crippen LogP contribution in [0.1, 0.15) is 20.3 Å². The minimum atomic E-state index is -0.892. The molecule has 4 nitrogen and oxygen atoms in total. The van der Waals surface area contributed by atoms with Crippen molar-refractivity contribution in [1.82, 2.24) is 5.43 Å². The number of hydrogen-bond acceptors (Lipinski definition) is 3. The fourth-order valence-electron chi connectivity index (χ4n) is 0.715. The van der Waals surface area contributed by atoms with E-state index in [0.29, 0.717) is 0 Å². The minimum Gasteiger partial charge on any atom is -0.480 e. The molecule has 0 heterocycles. The first-order valence-corrected chi connectivity index (χ1v) is 3.32. The quantitative estimate of drug-likeness (QED) is 0.384. The van der Waals surface area contributed by atoms with E-state index in [4.69, 9.17) is 10.9 Å². The third kappa shape index (κ3) is 2.33. The molecule has 0 radical (unpaired) electrons. The molecule has 0 aliphatic heterocycles. The van der Waals surface area contributed by atoms with Gasteiger partial charge in [-0.1, -0.05) is 20.3 Å². The van der Waals surface area contributed by atoms with E-state index in [1.807, 2.05) is 13.8 Å². The number of carbonyl (C=O) groups is 1. The summed E-state index contributed by atoms with van der Waals surface area (Å²) in [4.78, 5) is 10.4. The van der Waals surface area contributed by atoms with Crippen LogP contribution in [0.5, 0.6) is 0 Å². The summed E-state index contributed by atoms with van der Waals surface area (Å²) in [6.07, 6.45) is 0.807. The molecule has 0 fully saturated rings. The lowest BCUT2D eigenvalue weighted by Gasteiger charge is -2.16. The standard InChI is InChI=1S/C6H14N2O2/c1-3-4(2)5(8-7)6(9)10/h4-5,8H,3,7H2,1-2H3,(H,9,10)/t4-,5+/m1/s1. The van der Waals surface area contributed by atoms with Crippen molar-refractivity contribution in [1.29, 1.82) is 0 Å². The molecule has 60 valence electrons. The van der Waals surface area contributed by atoms with Gasteiger partial charge in [0.05, 0.1) is 0 Å². The number of nitrogens with two attached hydrogens (primary N) is 1. The molecule has 0 unspecified atom stereocenters. The van der Waals surface area contributed by atoms with Crippen molar-refractivity contribution >= 4 is 5.97 Å². The van der Waals surface area contributed by atoms with Crippen LogP contribution in [-0.4, -0.2) is 17.1 Å². The highest BCUT2D eigenvalue weighted by atomic mass is 16.4. The van der Waals surface area contributed by atoms with Gasteiger partial charge in [0.15, 0.2) is 0 Å². The van der Waals surface area contributed by atoms with Crippen molar-refractivity contribution in [2.24, 2.45) is 11.8 Å². The van der Waals surface area contributed by atoms with Crippen molar-refractivity contribution in [2.45, 2.75) is 26.3 Å². The van der Waals surface area contributed by atoms with Gasteiger partial charge in [-0.05, 0) is 5.92 Å². The number of hydrazine groups is 1. The second-order valence-electron chi connectivity index (χ2n) is 2.37. The Bertz CT molecular complexity index is 116. The Morgan fingerprint density at radius 3 is 2.40 bits per heavy atom. The van der Waals surface area contributed by atoms with E-state index >= 15 is 0 Å². The predicted molar refractivity (Wildman–Crippen MR) is 38.2 cm³/mol. The number of aliphatic carboxylic acids is 1. The molecule has 10 heavy (non-hydrogen) atoms. The SMILES string of the molecule is CC[C@@H](C)[C@H](NN)C(=O)O. The maximum atomic E-state index is 10.4. The van der Waals surface area contributed by atoms with Crippen LogP contribution >= 0.6 is 0 Å². The summed E-state index contributed by atoms with van der Waals surface area (Å²) in [5.41, 5.74) is 2.25. The summed E-state index contributed by atoms with van der Waals surface area (Å²) in [6.45, 7) is 3.77. The van der Waals surface area contributed by atoms with E-state index in [9.17, 15) is 4.79 Å². The molecule has 0 aromatic carbocycles. The van der Waals surface area contributed by atoms with Gasteiger partial charge in [-0.15, -0.1) is 0 Å². The third-order valence-corrected chi connectivity index (χ3v) is 1.66. The highest BCUT2D eigenvalue weighted by Crippen LogP contribution is 2.05. The molecule has 0 rings (SSSR count). The average Bonchev–Trinajstić information content (AvgIpc) is 1.88. The Kier molecular flexibility index (Phi) is 3.99. The zero-order valence-corrected chi connectivity index (χ0v) is 6.29. The van der Waals surface area contributed by atoms with Gasteiger partial charge in [0.1, 0.15) is 6.04 Å². The van der Waals surface area contributed by atoms with Crippen molar-refractivity contribution in [3.8, 4) is 0 Å². The summed E-state index contributed by atoms with van der Waals surface area (Å²) in [5, 5.41) is 8.53. The van der Waals surface area contributed by atoms with Crippen LogP contribution in [0.4, 0.5) is 0 Å². The molecule has 2 atom stereocenters. The van der Waals surface area contributed by atoms with Crippen LogP contribution in [0.2, 0.25) is 0 Å². The zero-order valence-electron chi connectivity index (χ0n) is 6.29. The molecule has 0 aromatic rings. The Balaban J connectivity index is 3.92. The van der Waals surface area contributed by atoms with Gasteiger partial charge < -0.3 is 5.11 Å². The van der Waals surface area contributed by atoms with Gasteiger partial charge in [-0.3, -0.25) is 10.6 Å². The fourth-order valence-corrected chi connectivity index (χ4v) is 0.715. The third-order valence-electron chi connectivity index (χ3n) is 1.66. The topological polar surface area (TPSA) is 75.3 Å². The fraction of sp³-hybridized carbons (Fsp3) is 0.833. The van der Waals surface area contributed by atoms with E-state index in [-0.39, 0.29) is 5.92 Å². The van der Waals surface area contributed by atoms with E-state index < -0.39 is 12.0 Å². The first-order chi connectivity index (χ1) is 4.63. The number of nitrogens with one attached hydrogen (secondary N) is 1. The van der Waals surface area contributed by atoms with Crippen molar-refractivity contribution in [3.05, 3.63) is 0 Å². The Labute approximate surface area is 60.4 Å². The molecule has 0 saturated carbocycles. The van der Waals surface area contributed by atoms with E-state index in [1.165, 1.54) is 0 Å². The van der Waals surface area contributed by atoms with Crippen LogP contribution in [-0.2, 0) is 4.79 Å². The first-order valence-electron chi connectivity index (χ1n) is 3.32. The lowest BCUT2D eigenvalue weighted by molar-refractivity contribution is -0.140. The molecule has 0 aliphatic carbocycles. The lowest BCUT2D eigenvalue weighted by Crippen LogP contribution is -2.45. The largest absolute Gasteiger partial charge is 0.480 e. The van der Waals surface area contributed by atoms with E-state index in [2.05, 4.69) is 5.43 Å². The molecular formula is C6H14N2O2. The smallest absolute Gasteiger partial charge is 0.322 e. The number of carboxylic acids is 1. The molecule has 0 aliphatic rings. The first kappa shape index (κ1) is 9.39. The summed E-state index contributed by atoms with van der Waals surface area (Å²) < 4.78 is 0. The van der Waals surface area contributed by atoms with Crippen LogP contribution in [0.25, 0.3) is 0 Å². The summed E-state index contributed by atoms with van der Waals surface area (Å²) in [6, 6.07) is -0.620. The monoisotopic (exact) mass is 146 g/mol. The summed E-state index contributed by atoms with van der Waals surface area (Å²) in [5.74, 6) is 4.20. The lowest BCUT2D eigenvalue weighted by atomic mass is 10.0. The van der Waals surface area contributed by atoms with Crippen LogP contribution < -0.4 is 11.3 Å². The van der Waals surface area contributed by atoms with Crippen molar-refractivity contribution < 1.29 is 9.90 Å². The predicted octanol–water partition coefficient (Wildman–Crippen LogP) is -0.0510. The van der Waals surface area contributed by atoms with E-state index in [0.717, 1.165) is 6.42 Å². The molecular weight excluding hydrogens is 132 g/mol. The van der Waals surface area contributed by atoms with E-state index in [1.54, 1.807) is 0 Å².